The van der Waals surface area contributed by atoms with Gasteiger partial charge in [0.1, 0.15) is 12.4 Å². The summed E-state index contributed by atoms with van der Waals surface area (Å²) in [5.41, 5.74) is 0.509. The lowest BCUT2D eigenvalue weighted by molar-refractivity contribution is -0.146. The van der Waals surface area contributed by atoms with Crippen LogP contribution in [-0.2, 0) is 17.8 Å². The summed E-state index contributed by atoms with van der Waals surface area (Å²) >= 11 is 0. The summed E-state index contributed by atoms with van der Waals surface area (Å²) in [5, 5.41) is 18.6. The van der Waals surface area contributed by atoms with E-state index in [9.17, 15) is 19.8 Å². The average Bonchev–Trinajstić information content (AvgIpc) is 2.53. The Morgan fingerprint density at radius 1 is 1.04 bits per heavy atom. The third-order valence-electron chi connectivity index (χ3n) is 3.76. The Morgan fingerprint density at radius 3 is 2.29 bits per heavy atom. The van der Waals surface area contributed by atoms with Crippen molar-refractivity contribution in [3.8, 4) is 5.75 Å². The van der Waals surface area contributed by atoms with E-state index in [0.717, 1.165) is 5.56 Å². The van der Waals surface area contributed by atoms with E-state index in [2.05, 4.69) is 0 Å². The van der Waals surface area contributed by atoms with E-state index in [1.807, 2.05) is 18.2 Å². The van der Waals surface area contributed by atoms with Gasteiger partial charge in [0.05, 0.1) is 11.0 Å². The maximum atomic E-state index is 11.4. The maximum absolute atomic E-state index is 11.4. The van der Waals surface area contributed by atoms with Gasteiger partial charge in [-0.05, 0) is 44.0 Å². The molecule has 2 rings (SSSR count). The van der Waals surface area contributed by atoms with Gasteiger partial charge in [0.25, 0.3) is 0 Å². The molecule has 0 amide bonds. The molecule has 0 radical (unpaired) electrons. The number of carbonyl (C=O) groups is 2. The number of ether oxygens (including phenoxy) is 1. The molecule has 0 aliphatic rings. The topological polar surface area (TPSA) is 83.8 Å². The van der Waals surface area contributed by atoms with Gasteiger partial charge in [0.2, 0.25) is 0 Å². The standard InChI is InChI=1S/C19H20O5/c1-19(2,18(22)23)11-13-8-9-16(17(20)21)14(10-13)12-24-15-6-4-3-5-7-15/h3-10H,11-12H2,1-2H3,(H,20,21)(H,22,23). The molecule has 0 spiro atoms. The second-order valence-corrected chi connectivity index (χ2v) is 6.26. The van der Waals surface area contributed by atoms with E-state index in [0.29, 0.717) is 17.7 Å². The van der Waals surface area contributed by atoms with E-state index in [1.165, 1.54) is 6.07 Å². The molecule has 0 aromatic heterocycles. The van der Waals surface area contributed by atoms with Gasteiger partial charge in [-0.1, -0.05) is 30.3 Å². The highest BCUT2D eigenvalue weighted by molar-refractivity contribution is 5.89. The van der Waals surface area contributed by atoms with Crippen molar-refractivity contribution in [1.29, 1.82) is 0 Å². The van der Waals surface area contributed by atoms with Crippen molar-refractivity contribution >= 4 is 11.9 Å². The van der Waals surface area contributed by atoms with Gasteiger partial charge in [0, 0.05) is 5.56 Å². The molecule has 2 aromatic carbocycles. The molecule has 2 aromatic rings. The summed E-state index contributed by atoms with van der Waals surface area (Å²) in [6, 6.07) is 14.0. The maximum Gasteiger partial charge on any atom is 0.336 e. The molecule has 0 fully saturated rings. The molecule has 5 heteroatoms. The van der Waals surface area contributed by atoms with E-state index in [4.69, 9.17) is 4.74 Å². The molecule has 0 unspecified atom stereocenters. The zero-order chi connectivity index (χ0) is 17.7. The van der Waals surface area contributed by atoms with Crippen LogP contribution in [0.2, 0.25) is 0 Å². The minimum Gasteiger partial charge on any atom is -0.489 e. The monoisotopic (exact) mass is 328 g/mol. The van der Waals surface area contributed by atoms with Crippen LogP contribution < -0.4 is 4.74 Å². The van der Waals surface area contributed by atoms with Gasteiger partial charge in [-0.2, -0.15) is 0 Å². The van der Waals surface area contributed by atoms with Gasteiger partial charge < -0.3 is 14.9 Å². The fourth-order valence-corrected chi connectivity index (χ4v) is 2.35. The van der Waals surface area contributed by atoms with Gasteiger partial charge in [0.15, 0.2) is 0 Å². The number of aromatic carboxylic acids is 1. The van der Waals surface area contributed by atoms with Crippen LogP contribution in [0.3, 0.4) is 0 Å². The molecule has 24 heavy (non-hydrogen) atoms. The third-order valence-corrected chi connectivity index (χ3v) is 3.76. The van der Waals surface area contributed by atoms with Gasteiger partial charge in [-0.15, -0.1) is 0 Å². The van der Waals surface area contributed by atoms with Crippen LogP contribution in [0.4, 0.5) is 0 Å². The van der Waals surface area contributed by atoms with Crippen molar-refractivity contribution in [2.24, 2.45) is 5.41 Å². The summed E-state index contributed by atoms with van der Waals surface area (Å²) in [4.78, 5) is 22.7. The zero-order valence-electron chi connectivity index (χ0n) is 13.7. The Bertz CT molecular complexity index is 735. The van der Waals surface area contributed by atoms with Crippen LogP contribution in [0.15, 0.2) is 48.5 Å². The highest BCUT2D eigenvalue weighted by Crippen LogP contribution is 2.24. The molecule has 0 saturated carbocycles. The number of carboxylic acid groups (broad SMARTS) is 2. The Morgan fingerprint density at radius 2 is 1.71 bits per heavy atom. The highest BCUT2D eigenvalue weighted by atomic mass is 16.5. The Hall–Kier alpha value is -2.82. The summed E-state index contributed by atoms with van der Waals surface area (Å²) in [6.45, 7) is 3.38. The van der Waals surface area contributed by atoms with Crippen molar-refractivity contribution in [2.45, 2.75) is 26.9 Å². The summed E-state index contributed by atoms with van der Waals surface area (Å²) in [6.07, 6.45) is 0.306. The lowest BCUT2D eigenvalue weighted by Gasteiger charge is -2.20. The number of hydrogen-bond acceptors (Lipinski definition) is 3. The summed E-state index contributed by atoms with van der Waals surface area (Å²) < 4.78 is 5.64. The number of aliphatic carboxylic acids is 1. The number of rotatable bonds is 7. The van der Waals surface area contributed by atoms with E-state index in [-0.39, 0.29) is 12.2 Å². The van der Waals surface area contributed by atoms with Crippen LogP contribution in [0, 0.1) is 5.41 Å². The molecular weight excluding hydrogens is 308 g/mol. The summed E-state index contributed by atoms with van der Waals surface area (Å²) in [5.74, 6) is -1.29. The average molecular weight is 328 g/mol. The molecule has 0 saturated heterocycles. The Labute approximate surface area is 140 Å². The van der Waals surface area contributed by atoms with Gasteiger partial charge in [-0.25, -0.2) is 4.79 Å². The second kappa shape index (κ2) is 7.17. The van der Waals surface area contributed by atoms with Crippen molar-refractivity contribution in [2.75, 3.05) is 0 Å². The SMILES string of the molecule is CC(C)(Cc1ccc(C(=O)O)c(COc2ccccc2)c1)C(=O)O. The minimum atomic E-state index is -1.04. The predicted octanol–water partition coefficient (Wildman–Crippen LogP) is 3.62. The van der Waals surface area contributed by atoms with Crippen molar-refractivity contribution in [1.82, 2.24) is 0 Å². The largest absolute Gasteiger partial charge is 0.489 e. The number of carboxylic acids is 2. The minimum absolute atomic E-state index is 0.104. The van der Waals surface area contributed by atoms with Crippen molar-refractivity contribution in [3.63, 3.8) is 0 Å². The molecular formula is C19H20O5. The fourth-order valence-electron chi connectivity index (χ4n) is 2.35. The first-order valence-electron chi connectivity index (χ1n) is 7.56. The van der Waals surface area contributed by atoms with E-state index < -0.39 is 17.4 Å². The lowest BCUT2D eigenvalue weighted by Crippen LogP contribution is -2.26. The van der Waals surface area contributed by atoms with Crippen molar-refractivity contribution in [3.05, 3.63) is 65.2 Å². The molecule has 0 aliphatic carbocycles. The Balaban J connectivity index is 2.25. The van der Waals surface area contributed by atoms with Crippen LogP contribution in [-0.4, -0.2) is 22.2 Å². The van der Waals surface area contributed by atoms with Crippen LogP contribution in [0.1, 0.15) is 35.3 Å². The fraction of sp³-hybridized carbons (Fsp3) is 0.263. The van der Waals surface area contributed by atoms with Crippen molar-refractivity contribution < 1.29 is 24.5 Å². The molecule has 2 N–H and O–H groups in total. The zero-order valence-corrected chi connectivity index (χ0v) is 13.7. The normalized spacial score (nSPS) is 11.1. The van der Waals surface area contributed by atoms with Crippen LogP contribution >= 0.6 is 0 Å². The molecule has 0 bridgehead atoms. The molecule has 0 aliphatic heterocycles. The van der Waals surface area contributed by atoms with E-state index in [1.54, 1.807) is 38.1 Å². The third kappa shape index (κ3) is 4.35. The molecule has 0 atom stereocenters. The van der Waals surface area contributed by atoms with Gasteiger partial charge in [-0.3, -0.25) is 4.79 Å². The number of benzene rings is 2. The van der Waals surface area contributed by atoms with E-state index >= 15 is 0 Å². The highest BCUT2D eigenvalue weighted by Gasteiger charge is 2.27. The molecule has 0 heterocycles. The lowest BCUT2D eigenvalue weighted by atomic mass is 9.85. The smallest absolute Gasteiger partial charge is 0.336 e. The first-order chi connectivity index (χ1) is 11.3. The van der Waals surface area contributed by atoms with Crippen LogP contribution in [0.5, 0.6) is 5.75 Å². The van der Waals surface area contributed by atoms with Gasteiger partial charge >= 0.3 is 11.9 Å². The quantitative estimate of drug-likeness (QED) is 0.811. The summed E-state index contributed by atoms with van der Waals surface area (Å²) in [7, 11) is 0. The van der Waals surface area contributed by atoms with Crippen LogP contribution in [0.25, 0.3) is 0 Å². The number of hydrogen-bond donors (Lipinski definition) is 2. The number of para-hydroxylation sites is 1. The Kier molecular flexibility index (Phi) is 5.24. The molecule has 126 valence electrons. The first kappa shape index (κ1) is 17.5. The first-order valence-corrected chi connectivity index (χ1v) is 7.56. The predicted molar refractivity (Wildman–Crippen MR) is 89.3 cm³/mol. The molecule has 5 nitrogen and oxygen atoms in total. The second-order valence-electron chi connectivity index (χ2n) is 6.26.